The van der Waals surface area contributed by atoms with Crippen LogP contribution in [0.2, 0.25) is 0 Å². The number of halogens is 3. The van der Waals surface area contributed by atoms with Gasteiger partial charge in [0.05, 0.1) is 0 Å². The molecule has 0 bridgehead atoms. The Hall–Kier alpha value is -3.62. The summed E-state index contributed by atoms with van der Waals surface area (Å²) in [7, 11) is 0. The van der Waals surface area contributed by atoms with E-state index in [1.165, 1.54) is 6.07 Å². The normalized spacial score (nSPS) is 11.2. The second kappa shape index (κ2) is 7.55. The maximum atomic E-state index is 12.5. The smallest absolute Gasteiger partial charge is 0.422 e. The third kappa shape index (κ3) is 4.37. The predicted molar refractivity (Wildman–Crippen MR) is 95.8 cm³/mol. The fraction of sp³-hybridized carbons (Fsp3) is 0.105. The van der Waals surface area contributed by atoms with Crippen LogP contribution in [0.25, 0.3) is 22.4 Å². The Kier molecular flexibility index (Phi) is 5.16. The van der Waals surface area contributed by atoms with Crippen LogP contribution in [0.4, 0.5) is 13.2 Å². The number of amides is 1. The number of para-hydroxylation sites is 1. The summed E-state index contributed by atoms with van der Waals surface area (Å²) in [5.74, 6) is -0.760. The van der Waals surface area contributed by atoms with Crippen molar-refractivity contribution in [3.05, 3.63) is 70.8 Å². The first-order valence-corrected chi connectivity index (χ1v) is 8.03. The second-order valence-corrected chi connectivity index (χ2v) is 5.81. The molecule has 9 heteroatoms. The van der Waals surface area contributed by atoms with Crippen molar-refractivity contribution >= 4 is 5.91 Å². The van der Waals surface area contributed by atoms with Crippen LogP contribution in [0.3, 0.4) is 0 Å². The highest BCUT2D eigenvalue weighted by molar-refractivity contribution is 5.91. The van der Waals surface area contributed by atoms with Gasteiger partial charge in [-0.3, -0.25) is 9.59 Å². The molecule has 2 aromatic carbocycles. The van der Waals surface area contributed by atoms with E-state index in [-0.39, 0.29) is 17.1 Å². The largest absolute Gasteiger partial charge is 0.483 e. The Balaban J connectivity index is 2.03. The molecule has 0 aliphatic heterocycles. The Morgan fingerprint density at radius 1 is 1.11 bits per heavy atom. The van der Waals surface area contributed by atoms with Gasteiger partial charge in [0.1, 0.15) is 17.1 Å². The highest BCUT2D eigenvalue weighted by Gasteiger charge is 2.28. The number of nitrogens with one attached hydrogen (secondary N) is 1. The Labute approximate surface area is 156 Å². The molecule has 28 heavy (non-hydrogen) atoms. The zero-order valence-corrected chi connectivity index (χ0v) is 14.3. The lowest BCUT2D eigenvalue weighted by Crippen LogP contribution is -2.19. The fourth-order valence-corrected chi connectivity index (χ4v) is 2.55. The summed E-state index contributed by atoms with van der Waals surface area (Å²) in [5.41, 5.74) is 5.79. The standard InChI is InChI=1S/C19H14F3N3O3/c20-19(21,22)10-28-15-7-2-1-6-13(15)11-4-3-5-12(8-11)16-18(27)24-9-14(25-16)17(23)26/h1-9H,10H2,(H2,23,26)(H,24,27). The number of primary amides is 1. The monoisotopic (exact) mass is 389 g/mol. The van der Waals surface area contributed by atoms with Gasteiger partial charge in [0, 0.05) is 17.3 Å². The summed E-state index contributed by atoms with van der Waals surface area (Å²) in [6, 6.07) is 12.7. The lowest BCUT2D eigenvalue weighted by atomic mass is 10.0. The van der Waals surface area contributed by atoms with E-state index in [0.717, 1.165) is 6.20 Å². The zero-order valence-electron chi connectivity index (χ0n) is 14.3. The number of rotatable bonds is 5. The highest BCUT2D eigenvalue weighted by Crippen LogP contribution is 2.32. The molecule has 1 amide bonds. The van der Waals surface area contributed by atoms with Crippen LogP contribution in [0.5, 0.6) is 5.75 Å². The summed E-state index contributed by atoms with van der Waals surface area (Å²) in [6.45, 7) is -1.43. The molecule has 0 radical (unpaired) electrons. The van der Waals surface area contributed by atoms with E-state index >= 15 is 0 Å². The third-order valence-electron chi connectivity index (χ3n) is 3.77. The van der Waals surface area contributed by atoms with Gasteiger partial charge in [-0.25, -0.2) is 4.98 Å². The van der Waals surface area contributed by atoms with E-state index in [1.807, 2.05) is 0 Å². The molecule has 6 nitrogen and oxygen atoms in total. The molecule has 0 spiro atoms. The molecule has 0 saturated carbocycles. The average molecular weight is 389 g/mol. The summed E-state index contributed by atoms with van der Waals surface area (Å²) in [4.78, 5) is 29.8. The number of alkyl halides is 3. The number of hydrogen-bond donors (Lipinski definition) is 2. The molecule has 0 fully saturated rings. The molecule has 1 heterocycles. The van der Waals surface area contributed by atoms with Gasteiger partial charge in [-0.15, -0.1) is 0 Å². The first-order valence-electron chi connectivity index (χ1n) is 8.03. The first-order chi connectivity index (χ1) is 13.2. The molecular formula is C19H14F3N3O3. The minimum Gasteiger partial charge on any atom is -0.483 e. The summed E-state index contributed by atoms with van der Waals surface area (Å²) >= 11 is 0. The second-order valence-electron chi connectivity index (χ2n) is 5.81. The van der Waals surface area contributed by atoms with Crippen LogP contribution in [-0.4, -0.2) is 28.7 Å². The third-order valence-corrected chi connectivity index (χ3v) is 3.77. The number of carbonyl (C=O) groups is 1. The Morgan fingerprint density at radius 3 is 2.54 bits per heavy atom. The van der Waals surface area contributed by atoms with Crippen LogP contribution in [-0.2, 0) is 0 Å². The number of nitrogens with zero attached hydrogens (tertiary/aromatic N) is 1. The molecule has 144 valence electrons. The highest BCUT2D eigenvalue weighted by atomic mass is 19.4. The maximum absolute atomic E-state index is 12.5. The van der Waals surface area contributed by atoms with Gasteiger partial charge < -0.3 is 15.5 Å². The van der Waals surface area contributed by atoms with E-state index in [2.05, 4.69) is 9.97 Å². The molecule has 1 aromatic heterocycles. The quantitative estimate of drug-likeness (QED) is 0.700. The van der Waals surface area contributed by atoms with Crippen molar-refractivity contribution in [2.24, 2.45) is 5.73 Å². The topological polar surface area (TPSA) is 98.1 Å². The van der Waals surface area contributed by atoms with Crippen molar-refractivity contribution in [1.29, 1.82) is 0 Å². The first kappa shape index (κ1) is 19.2. The van der Waals surface area contributed by atoms with Crippen molar-refractivity contribution in [3.8, 4) is 28.1 Å². The summed E-state index contributed by atoms with van der Waals surface area (Å²) in [5, 5.41) is 0. The maximum Gasteiger partial charge on any atom is 0.422 e. The van der Waals surface area contributed by atoms with Crippen molar-refractivity contribution in [2.45, 2.75) is 6.18 Å². The van der Waals surface area contributed by atoms with E-state index in [1.54, 1.807) is 42.5 Å². The van der Waals surface area contributed by atoms with Crippen molar-refractivity contribution in [2.75, 3.05) is 6.61 Å². The molecule has 0 aliphatic rings. The molecule has 3 rings (SSSR count). The number of hydrogen-bond acceptors (Lipinski definition) is 4. The van der Waals surface area contributed by atoms with E-state index in [4.69, 9.17) is 10.5 Å². The van der Waals surface area contributed by atoms with E-state index < -0.39 is 24.2 Å². The van der Waals surface area contributed by atoms with E-state index in [9.17, 15) is 22.8 Å². The predicted octanol–water partition coefficient (Wildman–Crippen LogP) is 3.14. The number of benzene rings is 2. The summed E-state index contributed by atoms with van der Waals surface area (Å²) < 4.78 is 42.4. The number of ether oxygens (including phenoxy) is 1. The van der Waals surface area contributed by atoms with Crippen LogP contribution in [0, 0.1) is 0 Å². The van der Waals surface area contributed by atoms with Crippen molar-refractivity contribution in [1.82, 2.24) is 9.97 Å². The van der Waals surface area contributed by atoms with Crippen LogP contribution < -0.4 is 16.0 Å². The molecule has 0 unspecified atom stereocenters. The van der Waals surface area contributed by atoms with E-state index in [0.29, 0.717) is 16.7 Å². The van der Waals surface area contributed by atoms with Gasteiger partial charge in [-0.2, -0.15) is 13.2 Å². The van der Waals surface area contributed by atoms with Crippen molar-refractivity contribution in [3.63, 3.8) is 0 Å². The summed E-state index contributed by atoms with van der Waals surface area (Å²) in [6.07, 6.45) is -3.36. The number of aromatic nitrogens is 2. The molecule has 3 N–H and O–H groups in total. The van der Waals surface area contributed by atoms with Gasteiger partial charge >= 0.3 is 6.18 Å². The van der Waals surface area contributed by atoms with Crippen molar-refractivity contribution < 1.29 is 22.7 Å². The fourth-order valence-electron chi connectivity index (χ4n) is 2.55. The molecule has 3 aromatic rings. The van der Waals surface area contributed by atoms with Gasteiger partial charge in [-0.05, 0) is 17.7 Å². The number of aromatic amines is 1. The van der Waals surface area contributed by atoms with Crippen LogP contribution >= 0.6 is 0 Å². The SMILES string of the molecule is NC(=O)c1c[nH]c(=O)c(-c2cccc(-c3ccccc3OCC(F)(F)F)c2)n1. The minimum atomic E-state index is -4.47. The van der Waals surface area contributed by atoms with Gasteiger partial charge in [0.15, 0.2) is 6.61 Å². The van der Waals surface area contributed by atoms with Gasteiger partial charge in [-0.1, -0.05) is 36.4 Å². The minimum absolute atomic E-state index is 0.0353. The Morgan fingerprint density at radius 2 is 1.82 bits per heavy atom. The molecule has 0 atom stereocenters. The molecule has 0 saturated heterocycles. The lowest BCUT2D eigenvalue weighted by molar-refractivity contribution is -0.153. The lowest BCUT2D eigenvalue weighted by Gasteiger charge is -2.13. The zero-order chi connectivity index (χ0) is 20.3. The average Bonchev–Trinajstić information content (AvgIpc) is 2.66. The van der Waals surface area contributed by atoms with Gasteiger partial charge in [0.25, 0.3) is 11.5 Å². The van der Waals surface area contributed by atoms with Crippen LogP contribution in [0.1, 0.15) is 10.5 Å². The molecular weight excluding hydrogens is 375 g/mol. The number of H-pyrrole nitrogens is 1. The Bertz CT molecular complexity index is 1080. The molecule has 0 aliphatic carbocycles. The van der Waals surface area contributed by atoms with Crippen LogP contribution in [0.15, 0.2) is 59.5 Å². The number of nitrogens with two attached hydrogens (primary N) is 1. The number of carbonyl (C=O) groups excluding carboxylic acids is 1. The van der Waals surface area contributed by atoms with Gasteiger partial charge in [0.2, 0.25) is 0 Å².